The number of likely N-dealkylation sites (tertiary alicyclic amines) is 1. The normalized spacial score (nSPS) is 13.8. The van der Waals surface area contributed by atoms with Crippen LogP contribution in [-0.2, 0) is 17.9 Å². The molecule has 0 aromatic heterocycles. The van der Waals surface area contributed by atoms with Crippen LogP contribution in [0.5, 0.6) is 11.5 Å². The number of ether oxygens (including phenoxy) is 2. The number of nitrogens with one attached hydrogen (secondary N) is 1. The highest BCUT2D eigenvalue weighted by Gasteiger charge is 2.19. The molecule has 29 heavy (non-hydrogen) atoms. The van der Waals surface area contributed by atoms with E-state index < -0.39 is 0 Å². The number of anilines is 1. The lowest BCUT2D eigenvalue weighted by Crippen LogP contribution is -2.24. The van der Waals surface area contributed by atoms with Crippen molar-refractivity contribution in [2.24, 2.45) is 10.7 Å². The van der Waals surface area contributed by atoms with Crippen LogP contribution >= 0.6 is 24.0 Å². The van der Waals surface area contributed by atoms with Crippen molar-refractivity contribution in [2.75, 3.05) is 26.1 Å². The fourth-order valence-corrected chi connectivity index (χ4v) is 3.20. The molecular weight excluding hydrogens is 483 g/mol. The number of hydrogen-bond acceptors (Lipinski definition) is 4. The van der Waals surface area contributed by atoms with Crippen LogP contribution in [0, 0.1) is 0 Å². The first-order valence-electron chi connectivity index (χ1n) is 9.23. The van der Waals surface area contributed by atoms with Crippen molar-refractivity contribution in [3.63, 3.8) is 0 Å². The van der Waals surface area contributed by atoms with Crippen molar-refractivity contribution >= 4 is 41.5 Å². The molecule has 0 spiro atoms. The maximum Gasteiger partial charge on any atom is 0.222 e. The van der Waals surface area contributed by atoms with Crippen molar-refractivity contribution in [1.82, 2.24) is 4.90 Å². The number of methoxy groups -OCH3 is 2. The molecule has 1 heterocycles. The van der Waals surface area contributed by atoms with Gasteiger partial charge in [-0.3, -0.25) is 4.79 Å². The minimum Gasteiger partial charge on any atom is -0.493 e. The minimum atomic E-state index is 0. The molecule has 0 saturated carbocycles. The Hall–Kier alpha value is -2.49. The highest BCUT2D eigenvalue weighted by Crippen LogP contribution is 2.29. The number of amides is 1. The first-order chi connectivity index (χ1) is 13.6. The molecule has 0 bridgehead atoms. The lowest BCUT2D eigenvalue weighted by Gasteiger charge is -2.15. The van der Waals surface area contributed by atoms with Gasteiger partial charge in [0.1, 0.15) is 0 Å². The quantitative estimate of drug-likeness (QED) is 0.339. The molecule has 0 radical (unpaired) electrons. The summed E-state index contributed by atoms with van der Waals surface area (Å²) in [4.78, 5) is 18.1. The van der Waals surface area contributed by atoms with Gasteiger partial charge in [-0.05, 0) is 29.7 Å². The third-order valence-electron chi connectivity index (χ3n) is 4.62. The Kier molecular flexibility index (Phi) is 8.56. The fraction of sp³-hybridized carbons (Fsp3) is 0.333. The van der Waals surface area contributed by atoms with E-state index in [4.69, 9.17) is 15.2 Å². The second-order valence-electron chi connectivity index (χ2n) is 6.64. The zero-order chi connectivity index (χ0) is 19.9. The van der Waals surface area contributed by atoms with E-state index in [2.05, 4.69) is 16.4 Å². The van der Waals surface area contributed by atoms with E-state index >= 15 is 0 Å². The van der Waals surface area contributed by atoms with Crippen molar-refractivity contribution in [3.8, 4) is 11.5 Å². The van der Waals surface area contributed by atoms with Gasteiger partial charge in [0.2, 0.25) is 5.91 Å². The zero-order valence-electron chi connectivity index (χ0n) is 16.7. The van der Waals surface area contributed by atoms with Gasteiger partial charge < -0.3 is 25.4 Å². The summed E-state index contributed by atoms with van der Waals surface area (Å²) in [5.74, 6) is 1.81. The van der Waals surface area contributed by atoms with Crippen LogP contribution in [0.4, 0.5) is 5.69 Å². The van der Waals surface area contributed by atoms with E-state index in [1.165, 1.54) is 0 Å². The molecule has 1 aliphatic heterocycles. The number of rotatable bonds is 7. The average Bonchev–Trinajstić information content (AvgIpc) is 3.11. The van der Waals surface area contributed by atoms with Crippen LogP contribution in [-0.4, -0.2) is 37.5 Å². The molecule has 0 unspecified atom stereocenters. The highest BCUT2D eigenvalue weighted by atomic mass is 127. The molecule has 3 N–H and O–H groups in total. The van der Waals surface area contributed by atoms with E-state index in [-0.39, 0.29) is 29.9 Å². The van der Waals surface area contributed by atoms with Crippen molar-refractivity contribution in [2.45, 2.75) is 25.9 Å². The van der Waals surface area contributed by atoms with Crippen LogP contribution < -0.4 is 20.5 Å². The van der Waals surface area contributed by atoms with E-state index in [1.54, 1.807) is 26.4 Å². The smallest absolute Gasteiger partial charge is 0.222 e. The number of halogens is 1. The van der Waals surface area contributed by atoms with Crippen molar-refractivity contribution in [3.05, 3.63) is 53.6 Å². The Bertz CT molecular complexity index is 873. The van der Waals surface area contributed by atoms with Crippen molar-refractivity contribution in [1.29, 1.82) is 0 Å². The third-order valence-corrected chi connectivity index (χ3v) is 4.62. The molecule has 1 amide bonds. The second kappa shape index (κ2) is 10.9. The van der Waals surface area contributed by atoms with Crippen LogP contribution in [0.15, 0.2) is 47.5 Å². The third kappa shape index (κ3) is 6.25. The molecule has 7 nitrogen and oxygen atoms in total. The maximum atomic E-state index is 11.8. The highest BCUT2D eigenvalue weighted by molar-refractivity contribution is 14.0. The summed E-state index contributed by atoms with van der Waals surface area (Å²) >= 11 is 0. The largest absolute Gasteiger partial charge is 0.493 e. The number of nitrogens with zero attached hydrogens (tertiary/aromatic N) is 2. The van der Waals surface area contributed by atoms with Gasteiger partial charge in [-0.15, -0.1) is 24.0 Å². The maximum absolute atomic E-state index is 11.8. The number of carbonyl (C=O) groups excluding carboxylic acids is 1. The molecule has 3 rings (SSSR count). The van der Waals surface area contributed by atoms with Crippen LogP contribution in [0.3, 0.4) is 0 Å². The predicted molar refractivity (Wildman–Crippen MR) is 125 cm³/mol. The van der Waals surface area contributed by atoms with Gasteiger partial charge in [-0.1, -0.05) is 24.3 Å². The summed E-state index contributed by atoms with van der Waals surface area (Å²) < 4.78 is 10.5. The molecule has 1 aliphatic rings. The summed E-state index contributed by atoms with van der Waals surface area (Å²) in [5, 5.41) is 3.06. The number of benzene rings is 2. The predicted octanol–water partition coefficient (Wildman–Crippen LogP) is 3.37. The van der Waals surface area contributed by atoms with Gasteiger partial charge in [-0.25, -0.2) is 4.99 Å². The first kappa shape index (κ1) is 22.8. The summed E-state index contributed by atoms with van der Waals surface area (Å²) in [7, 11) is 3.18. The van der Waals surface area contributed by atoms with Gasteiger partial charge in [0.05, 0.1) is 20.8 Å². The SMILES string of the molecule is COc1ccc(NC(N)=NCc2cccc(CN3CCCC3=O)c2)cc1OC.I. The first-order valence-corrected chi connectivity index (χ1v) is 9.23. The van der Waals surface area contributed by atoms with E-state index in [0.717, 1.165) is 29.8 Å². The molecule has 2 aromatic rings. The summed E-state index contributed by atoms with van der Waals surface area (Å²) in [6, 6.07) is 13.5. The van der Waals surface area contributed by atoms with Gasteiger partial charge in [-0.2, -0.15) is 0 Å². The Morgan fingerprint density at radius 2 is 1.90 bits per heavy atom. The van der Waals surface area contributed by atoms with Gasteiger partial charge in [0.15, 0.2) is 17.5 Å². The van der Waals surface area contributed by atoms with E-state index in [0.29, 0.717) is 37.0 Å². The monoisotopic (exact) mass is 510 g/mol. The van der Waals surface area contributed by atoms with Crippen molar-refractivity contribution < 1.29 is 14.3 Å². The molecule has 1 saturated heterocycles. The molecule has 8 heteroatoms. The Morgan fingerprint density at radius 3 is 2.59 bits per heavy atom. The fourth-order valence-electron chi connectivity index (χ4n) is 3.20. The van der Waals surface area contributed by atoms with Crippen LogP contribution in [0.1, 0.15) is 24.0 Å². The van der Waals surface area contributed by atoms with E-state index in [9.17, 15) is 4.79 Å². The summed E-state index contributed by atoms with van der Waals surface area (Å²) in [6.07, 6.45) is 1.60. The Morgan fingerprint density at radius 1 is 1.14 bits per heavy atom. The molecule has 1 fully saturated rings. The number of guanidine groups is 1. The standard InChI is InChI=1S/C21H26N4O3.HI/c1-27-18-9-8-17(12-19(18)28-2)24-21(22)23-13-15-5-3-6-16(11-15)14-25-10-4-7-20(25)26;/h3,5-6,8-9,11-12H,4,7,10,13-14H2,1-2H3,(H3,22,23,24);1H. The number of hydrogen-bond donors (Lipinski definition) is 2. The Labute approximate surface area is 188 Å². The molecule has 156 valence electrons. The molecular formula is C21H27IN4O3. The number of carbonyl (C=O) groups is 1. The zero-order valence-corrected chi connectivity index (χ0v) is 19.0. The van der Waals surface area contributed by atoms with Crippen LogP contribution in [0.2, 0.25) is 0 Å². The van der Waals surface area contributed by atoms with Gasteiger partial charge in [0, 0.05) is 31.3 Å². The molecule has 0 atom stereocenters. The minimum absolute atomic E-state index is 0. The number of aliphatic imine (C=N–C) groups is 1. The lowest BCUT2D eigenvalue weighted by atomic mass is 10.1. The average molecular weight is 510 g/mol. The van der Waals surface area contributed by atoms with Gasteiger partial charge in [0.25, 0.3) is 0 Å². The number of nitrogens with two attached hydrogens (primary N) is 1. The van der Waals surface area contributed by atoms with E-state index in [1.807, 2.05) is 29.2 Å². The second-order valence-corrected chi connectivity index (χ2v) is 6.64. The Balaban J connectivity index is 0.00000300. The topological polar surface area (TPSA) is 89.2 Å². The summed E-state index contributed by atoms with van der Waals surface area (Å²) in [5.41, 5.74) is 8.93. The van der Waals surface area contributed by atoms with Crippen LogP contribution in [0.25, 0.3) is 0 Å². The molecule has 0 aliphatic carbocycles. The molecule has 2 aromatic carbocycles. The lowest BCUT2D eigenvalue weighted by molar-refractivity contribution is -0.128. The summed E-state index contributed by atoms with van der Waals surface area (Å²) in [6.45, 7) is 1.94. The van der Waals surface area contributed by atoms with Gasteiger partial charge >= 0.3 is 0 Å².